The smallest absolute Gasteiger partial charge is 0.248 e. The van der Waals surface area contributed by atoms with Crippen molar-refractivity contribution in [3.63, 3.8) is 0 Å². The summed E-state index contributed by atoms with van der Waals surface area (Å²) in [6, 6.07) is 5.02. The van der Waals surface area contributed by atoms with Gasteiger partial charge in [-0.05, 0) is 24.8 Å². The van der Waals surface area contributed by atoms with Crippen molar-refractivity contribution < 1.29 is 13.9 Å². The van der Waals surface area contributed by atoms with Gasteiger partial charge in [0.2, 0.25) is 5.92 Å². The summed E-state index contributed by atoms with van der Waals surface area (Å²) in [5, 5.41) is 10.9. The maximum absolute atomic E-state index is 13.1. The maximum Gasteiger partial charge on any atom is 0.248 e. The number of halogens is 4. The molecule has 5 heteroatoms. The van der Waals surface area contributed by atoms with Crippen LogP contribution in [0.3, 0.4) is 0 Å². The highest BCUT2D eigenvalue weighted by atomic mass is 35.5. The molecule has 1 N–H and O–H groups in total. The maximum atomic E-state index is 13.1. The average molecular weight is 295 g/mol. The standard InChI is InChI=1S/C13H14Cl2F2O/c14-10-3-1-2-9(11(10)15)12(18)8-4-6-13(16,17)7-5-8/h1-3,8,12,18H,4-7H2. The zero-order chi connectivity index (χ0) is 13.3. The number of hydrogen-bond donors (Lipinski definition) is 1. The third-order valence-corrected chi connectivity index (χ3v) is 4.34. The van der Waals surface area contributed by atoms with E-state index in [2.05, 4.69) is 0 Å². The predicted octanol–water partition coefficient (Wildman–Crippen LogP) is 4.85. The molecule has 18 heavy (non-hydrogen) atoms. The molecule has 100 valence electrons. The summed E-state index contributed by atoms with van der Waals surface area (Å²) in [5.41, 5.74) is 0.527. The van der Waals surface area contributed by atoms with Gasteiger partial charge in [0.05, 0.1) is 16.1 Å². The van der Waals surface area contributed by atoms with Crippen molar-refractivity contribution in [3.05, 3.63) is 33.8 Å². The molecule has 0 saturated heterocycles. The molecule has 0 radical (unpaired) electrons. The van der Waals surface area contributed by atoms with Gasteiger partial charge in [-0.25, -0.2) is 8.78 Å². The molecule has 1 aliphatic rings. The lowest BCUT2D eigenvalue weighted by atomic mass is 9.81. The molecule has 1 aromatic rings. The van der Waals surface area contributed by atoms with Crippen LogP contribution in [0.2, 0.25) is 10.0 Å². The normalized spacial score (nSPS) is 21.8. The molecule has 1 saturated carbocycles. The van der Waals surface area contributed by atoms with E-state index < -0.39 is 12.0 Å². The lowest BCUT2D eigenvalue weighted by molar-refractivity contribution is -0.0627. The van der Waals surface area contributed by atoms with Gasteiger partial charge in [0.1, 0.15) is 0 Å². The molecular formula is C13H14Cl2F2O. The Hall–Kier alpha value is -0.380. The Labute approximate surface area is 115 Å². The summed E-state index contributed by atoms with van der Waals surface area (Å²) in [6.45, 7) is 0. The zero-order valence-corrected chi connectivity index (χ0v) is 11.2. The fourth-order valence-electron chi connectivity index (χ4n) is 2.38. The van der Waals surface area contributed by atoms with Gasteiger partial charge >= 0.3 is 0 Å². The van der Waals surface area contributed by atoms with E-state index in [9.17, 15) is 13.9 Å². The van der Waals surface area contributed by atoms with Crippen molar-refractivity contribution in [1.82, 2.24) is 0 Å². The third-order valence-electron chi connectivity index (χ3n) is 3.51. The molecule has 1 unspecified atom stereocenters. The first-order chi connectivity index (χ1) is 8.41. The minimum absolute atomic E-state index is 0.174. The highest BCUT2D eigenvalue weighted by Gasteiger charge is 2.38. The van der Waals surface area contributed by atoms with Crippen LogP contribution >= 0.6 is 23.2 Å². The van der Waals surface area contributed by atoms with E-state index in [1.54, 1.807) is 18.2 Å². The number of rotatable bonds is 2. The Balaban J connectivity index is 2.12. The van der Waals surface area contributed by atoms with Crippen LogP contribution in [-0.2, 0) is 0 Å². The molecule has 0 aromatic heterocycles. The number of alkyl halides is 2. The zero-order valence-electron chi connectivity index (χ0n) is 9.67. The van der Waals surface area contributed by atoms with Gasteiger partial charge in [-0.1, -0.05) is 35.3 Å². The van der Waals surface area contributed by atoms with Crippen molar-refractivity contribution >= 4 is 23.2 Å². The topological polar surface area (TPSA) is 20.2 Å². The van der Waals surface area contributed by atoms with E-state index >= 15 is 0 Å². The minimum atomic E-state index is -2.59. The molecule has 1 atom stereocenters. The lowest BCUT2D eigenvalue weighted by Crippen LogP contribution is -2.27. The van der Waals surface area contributed by atoms with Crippen LogP contribution in [-0.4, -0.2) is 11.0 Å². The van der Waals surface area contributed by atoms with Crippen LogP contribution in [0.5, 0.6) is 0 Å². The van der Waals surface area contributed by atoms with E-state index in [0.29, 0.717) is 28.5 Å². The Morgan fingerprint density at radius 2 is 1.83 bits per heavy atom. The predicted molar refractivity (Wildman–Crippen MR) is 68.3 cm³/mol. The summed E-state index contributed by atoms with van der Waals surface area (Å²) < 4.78 is 26.1. The molecule has 1 aromatic carbocycles. The largest absolute Gasteiger partial charge is 0.388 e. The van der Waals surface area contributed by atoms with E-state index in [1.807, 2.05) is 0 Å². The fourth-order valence-corrected chi connectivity index (χ4v) is 2.80. The SMILES string of the molecule is OC(c1cccc(Cl)c1Cl)C1CCC(F)(F)CC1. The van der Waals surface area contributed by atoms with Gasteiger partial charge in [0, 0.05) is 18.4 Å². The van der Waals surface area contributed by atoms with Gasteiger partial charge in [0.15, 0.2) is 0 Å². The first-order valence-electron chi connectivity index (χ1n) is 5.90. The first kappa shape index (κ1) is 14.0. The Morgan fingerprint density at radius 3 is 2.44 bits per heavy atom. The van der Waals surface area contributed by atoms with E-state index in [0.717, 1.165) is 0 Å². The minimum Gasteiger partial charge on any atom is -0.388 e. The Bertz CT molecular complexity index is 427. The quantitative estimate of drug-likeness (QED) is 0.826. The second-order valence-electron chi connectivity index (χ2n) is 4.78. The second-order valence-corrected chi connectivity index (χ2v) is 5.57. The number of hydrogen-bond acceptors (Lipinski definition) is 1. The molecule has 0 aliphatic heterocycles. The van der Waals surface area contributed by atoms with Crippen LogP contribution in [0.25, 0.3) is 0 Å². The Morgan fingerprint density at radius 1 is 1.22 bits per heavy atom. The van der Waals surface area contributed by atoms with Gasteiger partial charge in [-0.2, -0.15) is 0 Å². The van der Waals surface area contributed by atoms with Gasteiger partial charge < -0.3 is 5.11 Å². The van der Waals surface area contributed by atoms with Crippen LogP contribution < -0.4 is 0 Å². The van der Waals surface area contributed by atoms with E-state index in [4.69, 9.17) is 23.2 Å². The third kappa shape index (κ3) is 2.95. The summed E-state index contributed by atoms with van der Waals surface area (Å²) in [7, 11) is 0. The van der Waals surface area contributed by atoms with Crippen molar-refractivity contribution in [2.45, 2.75) is 37.7 Å². The molecule has 1 aliphatic carbocycles. The molecule has 0 bridgehead atoms. The summed E-state index contributed by atoms with van der Waals surface area (Å²) in [5.74, 6) is -2.77. The number of aliphatic hydroxyl groups excluding tert-OH is 1. The fraction of sp³-hybridized carbons (Fsp3) is 0.538. The molecular weight excluding hydrogens is 281 g/mol. The summed E-state index contributed by atoms with van der Waals surface area (Å²) in [4.78, 5) is 0. The van der Waals surface area contributed by atoms with Crippen LogP contribution in [0.1, 0.15) is 37.4 Å². The Kier molecular flexibility index (Phi) is 4.15. The van der Waals surface area contributed by atoms with E-state index in [-0.39, 0.29) is 18.8 Å². The molecule has 0 amide bonds. The monoisotopic (exact) mass is 294 g/mol. The summed E-state index contributed by atoms with van der Waals surface area (Å²) in [6.07, 6.45) is -0.569. The van der Waals surface area contributed by atoms with Gasteiger partial charge in [-0.15, -0.1) is 0 Å². The van der Waals surface area contributed by atoms with Crippen LogP contribution in [0.4, 0.5) is 8.78 Å². The molecule has 1 fully saturated rings. The number of benzene rings is 1. The van der Waals surface area contributed by atoms with Crippen molar-refractivity contribution in [2.75, 3.05) is 0 Å². The first-order valence-corrected chi connectivity index (χ1v) is 6.66. The molecule has 0 spiro atoms. The lowest BCUT2D eigenvalue weighted by Gasteiger charge is -2.31. The van der Waals surface area contributed by atoms with Gasteiger partial charge in [0.25, 0.3) is 0 Å². The van der Waals surface area contributed by atoms with Crippen molar-refractivity contribution in [2.24, 2.45) is 5.92 Å². The van der Waals surface area contributed by atoms with Crippen molar-refractivity contribution in [3.8, 4) is 0 Å². The number of aliphatic hydroxyl groups is 1. The molecule has 0 heterocycles. The highest BCUT2D eigenvalue weighted by Crippen LogP contribution is 2.43. The van der Waals surface area contributed by atoms with Crippen molar-refractivity contribution in [1.29, 1.82) is 0 Å². The second kappa shape index (κ2) is 5.32. The van der Waals surface area contributed by atoms with Gasteiger partial charge in [-0.3, -0.25) is 0 Å². The summed E-state index contributed by atoms with van der Waals surface area (Å²) >= 11 is 11.9. The van der Waals surface area contributed by atoms with E-state index in [1.165, 1.54) is 0 Å². The highest BCUT2D eigenvalue weighted by molar-refractivity contribution is 6.42. The average Bonchev–Trinajstić information content (AvgIpc) is 2.32. The molecule has 1 nitrogen and oxygen atoms in total. The van der Waals surface area contributed by atoms with Crippen LogP contribution in [0.15, 0.2) is 18.2 Å². The molecule has 2 rings (SSSR count). The van der Waals surface area contributed by atoms with Crippen LogP contribution in [0, 0.1) is 5.92 Å².